The number of hydrogen-bond acceptors (Lipinski definition) is 4. The molecule has 0 unspecified atom stereocenters. The van der Waals surface area contributed by atoms with Crippen LogP contribution in [0.25, 0.3) is 0 Å². The summed E-state index contributed by atoms with van der Waals surface area (Å²) in [4.78, 5) is 26.4. The Morgan fingerprint density at radius 3 is 2.15 bits per heavy atom. The second kappa shape index (κ2) is 12.1. The van der Waals surface area contributed by atoms with Gasteiger partial charge in [0.15, 0.2) is 0 Å². The molecule has 0 radical (unpaired) electrons. The van der Waals surface area contributed by atoms with Gasteiger partial charge in [-0.15, -0.1) is 0 Å². The molecule has 4 aromatic carbocycles. The zero-order valence-electron chi connectivity index (χ0n) is 21.5. The van der Waals surface area contributed by atoms with E-state index in [-0.39, 0.29) is 33.8 Å². The van der Waals surface area contributed by atoms with E-state index < -0.39 is 22.5 Å². The fourth-order valence-corrected chi connectivity index (χ4v) is 5.59. The number of sulfonamides is 1. The van der Waals surface area contributed by atoms with Gasteiger partial charge in [-0.25, -0.2) is 8.42 Å². The third-order valence-corrected chi connectivity index (χ3v) is 8.35. The summed E-state index contributed by atoms with van der Waals surface area (Å²) in [5.41, 5.74) is 2.47. The standard InChI is InChI=1S/C30H28ClN3O4S/c1-21-17-18-24(19-27(21)31)34(39(37,38)25-13-7-4-8-14-25)20-29(35)33-28-16-10-9-15-26(28)30(36)32-22(2)23-11-5-3-6-12-23/h3-19,22H,20H2,1-2H3,(H,32,36)(H,33,35)/t22-/m0/s1. The summed E-state index contributed by atoms with van der Waals surface area (Å²) in [5.74, 6) is -0.996. The summed E-state index contributed by atoms with van der Waals surface area (Å²) in [6.45, 7) is 3.13. The summed E-state index contributed by atoms with van der Waals surface area (Å²) in [7, 11) is -4.11. The second-order valence-corrected chi connectivity index (χ2v) is 11.2. The SMILES string of the molecule is Cc1ccc(N(CC(=O)Nc2ccccc2C(=O)N[C@@H](C)c2ccccc2)S(=O)(=O)c2ccccc2)cc1Cl. The predicted octanol–water partition coefficient (Wildman–Crippen LogP) is 5.97. The van der Waals surface area contributed by atoms with Gasteiger partial charge < -0.3 is 10.6 Å². The quantitative estimate of drug-likeness (QED) is 0.263. The Labute approximate surface area is 233 Å². The average molecular weight is 562 g/mol. The fourth-order valence-electron chi connectivity index (χ4n) is 3.98. The molecule has 0 aliphatic rings. The number of nitrogens with zero attached hydrogens (tertiary/aromatic N) is 1. The lowest BCUT2D eigenvalue weighted by molar-refractivity contribution is -0.114. The Morgan fingerprint density at radius 2 is 1.49 bits per heavy atom. The van der Waals surface area contributed by atoms with E-state index in [1.807, 2.05) is 37.3 Å². The molecule has 1 atom stereocenters. The Kier molecular flexibility index (Phi) is 8.69. The Morgan fingerprint density at radius 1 is 0.872 bits per heavy atom. The van der Waals surface area contributed by atoms with Crippen LogP contribution in [0.3, 0.4) is 0 Å². The van der Waals surface area contributed by atoms with Crippen LogP contribution in [0.2, 0.25) is 5.02 Å². The van der Waals surface area contributed by atoms with E-state index in [1.54, 1.807) is 61.5 Å². The van der Waals surface area contributed by atoms with Crippen molar-refractivity contribution in [1.82, 2.24) is 5.32 Å². The van der Waals surface area contributed by atoms with Crippen LogP contribution in [-0.2, 0) is 14.8 Å². The van der Waals surface area contributed by atoms with Gasteiger partial charge in [0.05, 0.1) is 27.9 Å². The van der Waals surface area contributed by atoms with Gasteiger partial charge in [-0.2, -0.15) is 0 Å². The van der Waals surface area contributed by atoms with Crippen molar-refractivity contribution < 1.29 is 18.0 Å². The lowest BCUT2D eigenvalue weighted by atomic mass is 10.1. The molecular weight excluding hydrogens is 534 g/mol. The van der Waals surface area contributed by atoms with Crippen LogP contribution in [0, 0.1) is 6.92 Å². The highest BCUT2D eigenvalue weighted by molar-refractivity contribution is 7.92. The van der Waals surface area contributed by atoms with E-state index in [9.17, 15) is 18.0 Å². The van der Waals surface area contributed by atoms with Gasteiger partial charge in [0.1, 0.15) is 6.54 Å². The predicted molar refractivity (Wildman–Crippen MR) is 155 cm³/mol. The maximum atomic E-state index is 13.6. The molecule has 4 rings (SSSR count). The van der Waals surface area contributed by atoms with Gasteiger partial charge in [-0.3, -0.25) is 13.9 Å². The zero-order valence-corrected chi connectivity index (χ0v) is 23.0. The molecule has 0 saturated carbocycles. The number of halogens is 1. The van der Waals surface area contributed by atoms with Crippen LogP contribution in [0.5, 0.6) is 0 Å². The fraction of sp³-hybridized carbons (Fsp3) is 0.133. The number of hydrogen-bond donors (Lipinski definition) is 2. The summed E-state index contributed by atoms with van der Waals surface area (Å²) in [6, 6.07) is 28.5. The Hall–Kier alpha value is -4.14. The number of carbonyl (C=O) groups is 2. The van der Waals surface area contributed by atoms with Crippen LogP contribution in [0.15, 0.2) is 108 Å². The zero-order chi connectivity index (χ0) is 28.0. The Bertz CT molecular complexity index is 1580. The van der Waals surface area contributed by atoms with Crippen molar-refractivity contribution in [3.63, 3.8) is 0 Å². The summed E-state index contributed by atoms with van der Waals surface area (Å²) in [6.07, 6.45) is 0. The van der Waals surface area contributed by atoms with Crippen LogP contribution < -0.4 is 14.9 Å². The van der Waals surface area contributed by atoms with Crippen molar-refractivity contribution in [3.05, 3.63) is 125 Å². The van der Waals surface area contributed by atoms with Crippen LogP contribution in [-0.4, -0.2) is 26.8 Å². The summed E-state index contributed by atoms with van der Waals surface area (Å²) in [5, 5.41) is 6.03. The first kappa shape index (κ1) is 27.9. The number of benzene rings is 4. The molecule has 0 aliphatic carbocycles. The molecule has 0 fully saturated rings. The largest absolute Gasteiger partial charge is 0.345 e. The first-order valence-corrected chi connectivity index (χ1v) is 14.1. The maximum Gasteiger partial charge on any atom is 0.264 e. The van der Waals surface area contributed by atoms with Gasteiger partial charge in [0.25, 0.3) is 15.9 Å². The molecule has 0 bridgehead atoms. The normalized spacial score (nSPS) is 11.9. The number of carbonyl (C=O) groups excluding carboxylic acids is 2. The Balaban J connectivity index is 1.59. The lowest BCUT2D eigenvalue weighted by Gasteiger charge is -2.25. The molecule has 39 heavy (non-hydrogen) atoms. The highest BCUT2D eigenvalue weighted by Crippen LogP contribution is 2.28. The molecule has 0 spiro atoms. The first-order chi connectivity index (χ1) is 18.7. The third kappa shape index (κ3) is 6.66. The molecule has 2 N–H and O–H groups in total. The molecule has 0 aliphatic heterocycles. The molecule has 0 saturated heterocycles. The smallest absolute Gasteiger partial charge is 0.264 e. The van der Waals surface area contributed by atoms with Crippen molar-refractivity contribution in [2.24, 2.45) is 0 Å². The van der Waals surface area contributed by atoms with Crippen molar-refractivity contribution in [1.29, 1.82) is 0 Å². The van der Waals surface area contributed by atoms with Gasteiger partial charge in [0.2, 0.25) is 5.91 Å². The molecule has 7 nitrogen and oxygen atoms in total. The van der Waals surface area contributed by atoms with E-state index in [1.165, 1.54) is 18.2 Å². The minimum atomic E-state index is -4.11. The number of nitrogens with one attached hydrogen (secondary N) is 2. The molecule has 4 aromatic rings. The van der Waals surface area contributed by atoms with Gasteiger partial charge in [0, 0.05) is 5.02 Å². The van der Waals surface area contributed by atoms with Crippen molar-refractivity contribution in [2.45, 2.75) is 24.8 Å². The number of para-hydroxylation sites is 1. The maximum absolute atomic E-state index is 13.6. The third-order valence-electron chi connectivity index (χ3n) is 6.15. The molecule has 9 heteroatoms. The molecule has 0 heterocycles. The highest BCUT2D eigenvalue weighted by atomic mass is 35.5. The monoisotopic (exact) mass is 561 g/mol. The minimum absolute atomic E-state index is 0.0316. The van der Waals surface area contributed by atoms with Crippen molar-refractivity contribution in [2.75, 3.05) is 16.2 Å². The lowest BCUT2D eigenvalue weighted by Crippen LogP contribution is -2.38. The number of anilines is 2. The van der Waals surface area contributed by atoms with Gasteiger partial charge in [-0.1, -0.05) is 78.3 Å². The van der Waals surface area contributed by atoms with E-state index in [0.29, 0.717) is 5.02 Å². The second-order valence-electron chi connectivity index (χ2n) is 8.96. The van der Waals surface area contributed by atoms with Crippen LogP contribution in [0.4, 0.5) is 11.4 Å². The highest BCUT2D eigenvalue weighted by Gasteiger charge is 2.28. The minimum Gasteiger partial charge on any atom is -0.345 e. The number of amides is 2. The molecule has 0 aromatic heterocycles. The summed E-state index contributed by atoms with van der Waals surface area (Å²) >= 11 is 6.30. The first-order valence-electron chi connectivity index (χ1n) is 12.3. The molecule has 2 amide bonds. The number of aryl methyl sites for hydroxylation is 1. The topological polar surface area (TPSA) is 95.6 Å². The molecule has 200 valence electrons. The van der Waals surface area contributed by atoms with E-state index in [2.05, 4.69) is 10.6 Å². The van der Waals surface area contributed by atoms with Crippen LogP contribution in [0.1, 0.15) is 34.5 Å². The average Bonchev–Trinajstić information content (AvgIpc) is 2.94. The van der Waals surface area contributed by atoms with Gasteiger partial charge in [-0.05, 0) is 61.4 Å². The van der Waals surface area contributed by atoms with Crippen LogP contribution >= 0.6 is 11.6 Å². The molecular formula is C30H28ClN3O4S. The van der Waals surface area contributed by atoms with Crippen molar-refractivity contribution >= 4 is 44.8 Å². The summed E-state index contributed by atoms with van der Waals surface area (Å²) < 4.78 is 28.2. The van der Waals surface area contributed by atoms with E-state index in [0.717, 1.165) is 15.4 Å². The number of rotatable bonds is 9. The van der Waals surface area contributed by atoms with E-state index >= 15 is 0 Å². The van der Waals surface area contributed by atoms with Crippen molar-refractivity contribution in [3.8, 4) is 0 Å². The van der Waals surface area contributed by atoms with E-state index in [4.69, 9.17) is 11.6 Å². The van der Waals surface area contributed by atoms with Gasteiger partial charge >= 0.3 is 0 Å².